The summed E-state index contributed by atoms with van der Waals surface area (Å²) in [6, 6.07) is 5.60. The normalized spacial score (nSPS) is 12.7. The van der Waals surface area contributed by atoms with E-state index in [4.69, 9.17) is 0 Å². The maximum Gasteiger partial charge on any atom is 0.332 e. The van der Waals surface area contributed by atoms with Crippen molar-refractivity contribution in [3.63, 3.8) is 0 Å². The highest BCUT2D eigenvalue weighted by Crippen LogP contribution is 2.27. The first kappa shape index (κ1) is 23.6. The Labute approximate surface area is 188 Å². The van der Waals surface area contributed by atoms with Crippen LogP contribution in [0.1, 0.15) is 45.1 Å². The monoisotopic (exact) mass is 459 g/mol. The van der Waals surface area contributed by atoms with Crippen molar-refractivity contribution in [3.05, 3.63) is 62.3 Å². The zero-order valence-corrected chi connectivity index (χ0v) is 19.7. The summed E-state index contributed by atoms with van der Waals surface area (Å²) in [4.78, 5) is 46.9. The number of fused-ring (bicyclic) bond motifs is 1. The highest BCUT2D eigenvalue weighted by molar-refractivity contribution is 8.00. The molecule has 0 saturated carbocycles. The second-order valence-electron chi connectivity index (χ2n) is 8.64. The molecule has 3 rings (SSSR count). The Kier molecular flexibility index (Phi) is 6.54. The van der Waals surface area contributed by atoms with E-state index in [9.17, 15) is 18.8 Å². The fraction of sp³-hybridized carbons (Fsp3) is 0.409. The first-order valence-corrected chi connectivity index (χ1v) is 11.0. The van der Waals surface area contributed by atoms with E-state index in [0.717, 1.165) is 21.9 Å². The standard InChI is InChI=1S/C22H26FN5O3S/c1-12(13-7-9-14(23)10-8-13)24-15(29)11-32-18-16-17(25-20(26-18)22(2,3)4)27(5)21(31)28(6)19(16)30/h7-10,12H,11H2,1-6H3,(H,24,29). The summed E-state index contributed by atoms with van der Waals surface area (Å²) in [5.74, 6) is -0.134. The number of aryl methyl sites for hydroxylation is 1. The van der Waals surface area contributed by atoms with Crippen LogP contribution in [0.3, 0.4) is 0 Å². The Morgan fingerprint density at radius 1 is 1.12 bits per heavy atom. The molecule has 32 heavy (non-hydrogen) atoms. The van der Waals surface area contributed by atoms with E-state index in [1.165, 1.54) is 23.7 Å². The predicted octanol–water partition coefficient (Wildman–Crippen LogP) is 2.43. The van der Waals surface area contributed by atoms with E-state index in [2.05, 4.69) is 15.3 Å². The summed E-state index contributed by atoms with van der Waals surface area (Å²) in [7, 11) is 2.95. The molecule has 0 aliphatic heterocycles. The van der Waals surface area contributed by atoms with Gasteiger partial charge in [0.1, 0.15) is 22.1 Å². The van der Waals surface area contributed by atoms with Crippen LogP contribution in [0.25, 0.3) is 11.0 Å². The summed E-state index contributed by atoms with van der Waals surface area (Å²) in [5.41, 5.74) is -0.411. The molecule has 10 heteroatoms. The van der Waals surface area contributed by atoms with Crippen LogP contribution in [0.5, 0.6) is 0 Å². The van der Waals surface area contributed by atoms with Gasteiger partial charge >= 0.3 is 5.69 Å². The molecule has 0 fully saturated rings. The van der Waals surface area contributed by atoms with Crippen molar-refractivity contribution in [2.24, 2.45) is 14.1 Å². The third-order valence-electron chi connectivity index (χ3n) is 5.03. The Morgan fingerprint density at radius 3 is 2.34 bits per heavy atom. The quantitative estimate of drug-likeness (QED) is 0.465. The predicted molar refractivity (Wildman–Crippen MR) is 122 cm³/mol. The van der Waals surface area contributed by atoms with Crippen LogP contribution in [-0.4, -0.2) is 30.8 Å². The second-order valence-corrected chi connectivity index (χ2v) is 9.60. The molecular weight excluding hydrogens is 433 g/mol. The van der Waals surface area contributed by atoms with Gasteiger partial charge in [0, 0.05) is 19.5 Å². The zero-order chi connectivity index (χ0) is 23.8. The van der Waals surface area contributed by atoms with Gasteiger partial charge in [-0.1, -0.05) is 44.7 Å². The van der Waals surface area contributed by atoms with Crippen molar-refractivity contribution in [3.8, 4) is 0 Å². The molecule has 2 heterocycles. The number of rotatable bonds is 5. The van der Waals surface area contributed by atoms with Gasteiger partial charge in [0.2, 0.25) is 5.91 Å². The van der Waals surface area contributed by atoms with Crippen LogP contribution in [-0.2, 0) is 24.3 Å². The molecule has 1 amide bonds. The van der Waals surface area contributed by atoms with Gasteiger partial charge in [0.05, 0.1) is 11.8 Å². The molecule has 1 atom stereocenters. The minimum absolute atomic E-state index is 0.00717. The van der Waals surface area contributed by atoms with Gasteiger partial charge in [-0.3, -0.25) is 18.7 Å². The van der Waals surface area contributed by atoms with Gasteiger partial charge in [-0.2, -0.15) is 0 Å². The van der Waals surface area contributed by atoms with Crippen molar-refractivity contribution in [1.29, 1.82) is 0 Å². The summed E-state index contributed by atoms with van der Waals surface area (Å²) in [6.07, 6.45) is 0. The Morgan fingerprint density at radius 2 is 1.75 bits per heavy atom. The molecule has 0 aliphatic carbocycles. The average Bonchev–Trinajstić information content (AvgIpc) is 2.73. The number of halogens is 1. The van der Waals surface area contributed by atoms with E-state index < -0.39 is 16.7 Å². The molecule has 1 aromatic carbocycles. The summed E-state index contributed by atoms with van der Waals surface area (Å²) >= 11 is 1.11. The first-order chi connectivity index (χ1) is 14.9. The number of carbonyl (C=O) groups excluding carboxylic acids is 1. The van der Waals surface area contributed by atoms with Gasteiger partial charge in [-0.15, -0.1) is 0 Å². The van der Waals surface area contributed by atoms with E-state index in [1.54, 1.807) is 26.1 Å². The number of nitrogens with one attached hydrogen (secondary N) is 1. The van der Waals surface area contributed by atoms with Gasteiger partial charge in [0.15, 0.2) is 5.65 Å². The third kappa shape index (κ3) is 4.74. The molecule has 2 aromatic heterocycles. The molecule has 0 radical (unpaired) electrons. The second kappa shape index (κ2) is 8.85. The lowest BCUT2D eigenvalue weighted by molar-refractivity contribution is -0.119. The van der Waals surface area contributed by atoms with Crippen LogP contribution in [0.4, 0.5) is 4.39 Å². The van der Waals surface area contributed by atoms with Crippen LogP contribution >= 0.6 is 11.8 Å². The largest absolute Gasteiger partial charge is 0.349 e. The molecule has 0 bridgehead atoms. The molecule has 1 N–H and O–H groups in total. The number of benzene rings is 1. The zero-order valence-electron chi connectivity index (χ0n) is 18.9. The van der Waals surface area contributed by atoms with Crippen molar-refractivity contribution >= 4 is 28.7 Å². The molecule has 8 nitrogen and oxygen atoms in total. The number of hydrogen-bond donors (Lipinski definition) is 1. The molecular formula is C22H26FN5O3S. The van der Waals surface area contributed by atoms with Gasteiger partial charge < -0.3 is 5.32 Å². The first-order valence-electron chi connectivity index (χ1n) is 10.1. The number of carbonyl (C=O) groups is 1. The minimum Gasteiger partial charge on any atom is -0.349 e. The number of nitrogens with zero attached hydrogens (tertiary/aromatic N) is 4. The number of hydrogen-bond acceptors (Lipinski definition) is 6. The van der Waals surface area contributed by atoms with Gasteiger partial charge in [-0.05, 0) is 24.6 Å². The molecule has 0 spiro atoms. The van der Waals surface area contributed by atoms with E-state index in [0.29, 0.717) is 10.9 Å². The van der Waals surface area contributed by atoms with E-state index >= 15 is 0 Å². The van der Waals surface area contributed by atoms with Crippen LogP contribution < -0.4 is 16.6 Å². The van der Waals surface area contributed by atoms with Crippen molar-refractivity contribution in [2.45, 2.75) is 44.2 Å². The smallest absolute Gasteiger partial charge is 0.332 e. The van der Waals surface area contributed by atoms with Crippen molar-refractivity contribution < 1.29 is 9.18 Å². The van der Waals surface area contributed by atoms with Crippen LogP contribution in [0.15, 0.2) is 38.9 Å². The molecule has 3 aromatic rings. The number of amides is 1. The third-order valence-corrected chi connectivity index (χ3v) is 6.00. The molecule has 1 unspecified atom stereocenters. The summed E-state index contributed by atoms with van der Waals surface area (Å²) in [6.45, 7) is 7.59. The number of aromatic nitrogens is 4. The van der Waals surface area contributed by atoms with E-state index in [1.807, 2.05) is 20.8 Å². The lowest BCUT2D eigenvalue weighted by Gasteiger charge is -2.19. The Balaban J connectivity index is 1.93. The SMILES string of the molecule is CC(NC(=O)CSc1nc(C(C)(C)C)nc2c1c(=O)n(C)c(=O)n2C)c1ccc(F)cc1. The molecule has 0 saturated heterocycles. The lowest BCUT2D eigenvalue weighted by Crippen LogP contribution is -2.38. The van der Waals surface area contributed by atoms with Crippen LogP contribution in [0.2, 0.25) is 0 Å². The highest BCUT2D eigenvalue weighted by Gasteiger charge is 2.24. The fourth-order valence-corrected chi connectivity index (χ4v) is 3.95. The highest BCUT2D eigenvalue weighted by atomic mass is 32.2. The van der Waals surface area contributed by atoms with Gasteiger partial charge in [-0.25, -0.2) is 19.2 Å². The number of thioether (sulfide) groups is 1. The maximum absolute atomic E-state index is 13.1. The topological polar surface area (TPSA) is 98.9 Å². The average molecular weight is 460 g/mol. The van der Waals surface area contributed by atoms with Gasteiger partial charge in [0.25, 0.3) is 5.56 Å². The van der Waals surface area contributed by atoms with E-state index in [-0.39, 0.29) is 34.6 Å². The van der Waals surface area contributed by atoms with Crippen LogP contribution in [0, 0.1) is 5.82 Å². The summed E-state index contributed by atoms with van der Waals surface area (Å²) in [5, 5.41) is 3.41. The van der Waals surface area contributed by atoms with Crippen molar-refractivity contribution in [2.75, 3.05) is 5.75 Å². The maximum atomic E-state index is 13.1. The molecule has 0 aliphatic rings. The summed E-state index contributed by atoms with van der Waals surface area (Å²) < 4.78 is 15.4. The molecule has 170 valence electrons. The Bertz CT molecular complexity index is 1290. The Hall–Kier alpha value is -3.01. The lowest BCUT2D eigenvalue weighted by atomic mass is 9.96. The fourth-order valence-electron chi connectivity index (χ4n) is 3.12. The van der Waals surface area contributed by atoms with Crippen molar-refractivity contribution in [1.82, 2.24) is 24.4 Å². The minimum atomic E-state index is -0.508.